The standard InChI is InChI=1S/C9H14O/c10-6-9-5-7-1-3-8(9)4-2-7/h5,7-8,10H,1-4,6H2. The van der Waals surface area contributed by atoms with Gasteiger partial charge in [-0.25, -0.2) is 0 Å². The monoisotopic (exact) mass is 138 g/mol. The molecule has 1 saturated carbocycles. The molecule has 1 fully saturated rings. The largest absolute Gasteiger partial charge is 0.392 e. The first-order valence-corrected chi connectivity index (χ1v) is 4.21. The molecule has 1 nitrogen and oxygen atoms in total. The summed E-state index contributed by atoms with van der Waals surface area (Å²) in [6.07, 6.45) is 7.70. The van der Waals surface area contributed by atoms with Gasteiger partial charge in [-0.1, -0.05) is 6.08 Å². The average Bonchev–Trinajstić information content (AvgIpc) is 2.06. The molecule has 0 atom stereocenters. The summed E-state index contributed by atoms with van der Waals surface area (Å²) in [5, 5.41) is 8.94. The van der Waals surface area contributed by atoms with Crippen LogP contribution < -0.4 is 0 Å². The summed E-state index contributed by atoms with van der Waals surface area (Å²) >= 11 is 0. The first kappa shape index (κ1) is 6.41. The normalized spacial score (nSPS) is 37.9. The number of aliphatic hydroxyl groups is 1. The summed E-state index contributed by atoms with van der Waals surface area (Å²) < 4.78 is 0. The maximum absolute atomic E-state index is 8.94. The molecule has 0 radical (unpaired) electrons. The summed E-state index contributed by atoms with van der Waals surface area (Å²) in [5.74, 6) is 1.56. The number of hydrogen-bond acceptors (Lipinski definition) is 1. The molecular formula is C9H14O. The minimum atomic E-state index is 0.307. The fourth-order valence-electron chi connectivity index (χ4n) is 2.28. The quantitative estimate of drug-likeness (QED) is 0.547. The SMILES string of the molecule is OCC1=CC2CCC1CC2. The molecule has 0 aromatic carbocycles. The summed E-state index contributed by atoms with van der Waals surface area (Å²) in [6, 6.07) is 0. The van der Waals surface area contributed by atoms with E-state index in [0.717, 1.165) is 11.8 Å². The van der Waals surface area contributed by atoms with E-state index in [4.69, 9.17) is 5.11 Å². The number of allylic oxidation sites excluding steroid dienone is 1. The number of aliphatic hydroxyl groups excluding tert-OH is 1. The van der Waals surface area contributed by atoms with Gasteiger partial charge >= 0.3 is 0 Å². The van der Waals surface area contributed by atoms with Crippen molar-refractivity contribution >= 4 is 0 Å². The molecule has 0 unspecified atom stereocenters. The Morgan fingerprint density at radius 2 is 2.00 bits per heavy atom. The van der Waals surface area contributed by atoms with E-state index in [9.17, 15) is 0 Å². The van der Waals surface area contributed by atoms with E-state index >= 15 is 0 Å². The minimum absolute atomic E-state index is 0.307. The molecule has 0 heterocycles. The van der Waals surface area contributed by atoms with Gasteiger partial charge in [0.15, 0.2) is 0 Å². The summed E-state index contributed by atoms with van der Waals surface area (Å²) in [5.41, 5.74) is 1.32. The topological polar surface area (TPSA) is 20.2 Å². The van der Waals surface area contributed by atoms with Crippen molar-refractivity contribution in [2.45, 2.75) is 25.7 Å². The number of hydrogen-bond donors (Lipinski definition) is 1. The molecule has 1 N–H and O–H groups in total. The van der Waals surface area contributed by atoms with Crippen LogP contribution in [0.15, 0.2) is 11.6 Å². The van der Waals surface area contributed by atoms with Crippen molar-refractivity contribution < 1.29 is 5.11 Å². The van der Waals surface area contributed by atoms with Gasteiger partial charge in [0.1, 0.15) is 0 Å². The molecule has 0 amide bonds. The highest BCUT2D eigenvalue weighted by molar-refractivity contribution is 5.15. The third kappa shape index (κ3) is 0.891. The van der Waals surface area contributed by atoms with Crippen molar-refractivity contribution in [3.8, 4) is 0 Å². The Hall–Kier alpha value is -0.300. The smallest absolute Gasteiger partial charge is 0.0644 e. The van der Waals surface area contributed by atoms with Crippen LogP contribution in [0.5, 0.6) is 0 Å². The van der Waals surface area contributed by atoms with Crippen LogP contribution in [0, 0.1) is 11.8 Å². The van der Waals surface area contributed by atoms with E-state index in [1.54, 1.807) is 0 Å². The molecule has 3 aliphatic rings. The van der Waals surface area contributed by atoms with E-state index in [1.807, 2.05) is 0 Å². The molecule has 0 aromatic heterocycles. The zero-order valence-electron chi connectivity index (χ0n) is 6.21. The molecule has 2 bridgehead atoms. The summed E-state index contributed by atoms with van der Waals surface area (Å²) in [7, 11) is 0. The molecule has 0 saturated heterocycles. The van der Waals surface area contributed by atoms with Crippen molar-refractivity contribution in [1.29, 1.82) is 0 Å². The van der Waals surface area contributed by atoms with E-state index in [-0.39, 0.29) is 0 Å². The fourth-order valence-corrected chi connectivity index (χ4v) is 2.28. The van der Waals surface area contributed by atoms with E-state index < -0.39 is 0 Å². The first-order chi connectivity index (χ1) is 4.90. The predicted molar refractivity (Wildman–Crippen MR) is 40.6 cm³/mol. The maximum Gasteiger partial charge on any atom is 0.0644 e. The Morgan fingerprint density at radius 3 is 2.30 bits per heavy atom. The highest BCUT2D eigenvalue weighted by Gasteiger charge is 2.27. The first-order valence-electron chi connectivity index (χ1n) is 4.21. The van der Waals surface area contributed by atoms with Gasteiger partial charge in [-0.2, -0.15) is 0 Å². The Morgan fingerprint density at radius 1 is 1.30 bits per heavy atom. The number of fused-ring (bicyclic) bond motifs is 2. The van der Waals surface area contributed by atoms with Crippen LogP contribution in [-0.4, -0.2) is 11.7 Å². The van der Waals surface area contributed by atoms with Crippen molar-refractivity contribution in [3.63, 3.8) is 0 Å². The zero-order chi connectivity index (χ0) is 6.97. The molecule has 0 spiro atoms. The number of rotatable bonds is 1. The van der Waals surface area contributed by atoms with Crippen LogP contribution in [0.4, 0.5) is 0 Å². The van der Waals surface area contributed by atoms with Crippen LogP contribution in [-0.2, 0) is 0 Å². The van der Waals surface area contributed by atoms with Crippen LogP contribution in [0.3, 0.4) is 0 Å². The van der Waals surface area contributed by atoms with Gasteiger partial charge in [-0.3, -0.25) is 0 Å². The van der Waals surface area contributed by atoms with Crippen molar-refractivity contribution in [2.75, 3.05) is 6.61 Å². The van der Waals surface area contributed by atoms with Crippen LogP contribution in [0.25, 0.3) is 0 Å². The van der Waals surface area contributed by atoms with Gasteiger partial charge in [0.25, 0.3) is 0 Å². The second-order valence-electron chi connectivity index (χ2n) is 3.51. The van der Waals surface area contributed by atoms with Crippen LogP contribution in [0.2, 0.25) is 0 Å². The molecular weight excluding hydrogens is 124 g/mol. The summed E-state index contributed by atoms with van der Waals surface area (Å²) in [6.45, 7) is 0.307. The van der Waals surface area contributed by atoms with Crippen molar-refractivity contribution in [1.82, 2.24) is 0 Å². The van der Waals surface area contributed by atoms with E-state index in [0.29, 0.717) is 6.61 Å². The average molecular weight is 138 g/mol. The lowest BCUT2D eigenvalue weighted by Gasteiger charge is -2.34. The highest BCUT2D eigenvalue weighted by Crippen LogP contribution is 2.39. The lowest BCUT2D eigenvalue weighted by atomic mass is 9.72. The predicted octanol–water partition coefficient (Wildman–Crippen LogP) is 1.73. The van der Waals surface area contributed by atoms with E-state index in [2.05, 4.69) is 6.08 Å². The van der Waals surface area contributed by atoms with Gasteiger partial charge in [0.2, 0.25) is 0 Å². The Balaban J connectivity index is 2.19. The Kier molecular flexibility index (Phi) is 1.53. The molecule has 56 valence electrons. The van der Waals surface area contributed by atoms with Gasteiger partial charge in [0.05, 0.1) is 6.61 Å². The molecule has 10 heavy (non-hydrogen) atoms. The fraction of sp³-hybridized carbons (Fsp3) is 0.778. The lowest BCUT2D eigenvalue weighted by Crippen LogP contribution is -2.23. The third-order valence-corrected chi connectivity index (χ3v) is 2.93. The van der Waals surface area contributed by atoms with Crippen molar-refractivity contribution in [2.24, 2.45) is 11.8 Å². The zero-order valence-corrected chi connectivity index (χ0v) is 6.21. The van der Waals surface area contributed by atoms with Crippen LogP contribution in [0.1, 0.15) is 25.7 Å². The Labute approximate surface area is 61.8 Å². The Bertz CT molecular complexity index is 152. The molecule has 0 aromatic rings. The highest BCUT2D eigenvalue weighted by atomic mass is 16.3. The maximum atomic E-state index is 8.94. The summed E-state index contributed by atoms with van der Waals surface area (Å²) in [4.78, 5) is 0. The second kappa shape index (κ2) is 2.39. The molecule has 3 rings (SSSR count). The van der Waals surface area contributed by atoms with Gasteiger partial charge < -0.3 is 5.11 Å². The van der Waals surface area contributed by atoms with Gasteiger partial charge in [-0.05, 0) is 43.1 Å². The lowest BCUT2D eigenvalue weighted by molar-refractivity contribution is 0.253. The van der Waals surface area contributed by atoms with E-state index in [1.165, 1.54) is 31.3 Å². The second-order valence-corrected chi connectivity index (χ2v) is 3.51. The molecule has 0 aliphatic heterocycles. The minimum Gasteiger partial charge on any atom is -0.392 e. The van der Waals surface area contributed by atoms with Crippen molar-refractivity contribution in [3.05, 3.63) is 11.6 Å². The van der Waals surface area contributed by atoms with Gasteiger partial charge in [-0.15, -0.1) is 0 Å². The molecule has 3 aliphatic carbocycles. The van der Waals surface area contributed by atoms with Gasteiger partial charge in [0, 0.05) is 0 Å². The van der Waals surface area contributed by atoms with Crippen LogP contribution >= 0.6 is 0 Å². The molecule has 1 heteroatoms. The third-order valence-electron chi connectivity index (χ3n) is 2.93.